The Kier molecular flexibility index (Phi) is 8.25. The lowest BCUT2D eigenvalue weighted by Gasteiger charge is -2.23. The molecule has 0 aliphatic heterocycles. The van der Waals surface area contributed by atoms with Crippen LogP contribution in [0.1, 0.15) is 17.5 Å². The van der Waals surface area contributed by atoms with Gasteiger partial charge >= 0.3 is 6.03 Å². The number of hydrogen-bond acceptors (Lipinski definition) is 2. The van der Waals surface area contributed by atoms with Crippen molar-refractivity contribution in [1.29, 1.82) is 0 Å². The van der Waals surface area contributed by atoms with Crippen LogP contribution < -0.4 is 5.32 Å². The molecule has 0 atom stereocenters. The fourth-order valence-corrected chi connectivity index (χ4v) is 2.92. The minimum atomic E-state index is 0.0240. The van der Waals surface area contributed by atoms with Gasteiger partial charge < -0.3 is 10.2 Å². The van der Waals surface area contributed by atoms with E-state index in [4.69, 9.17) is 0 Å². The highest BCUT2D eigenvalue weighted by atomic mass is 32.2. The number of nitrogens with one attached hydrogen (secondary N) is 1. The molecular weight excluding hydrogens is 316 g/mol. The number of carbonyl (C=O) groups is 1. The van der Waals surface area contributed by atoms with Gasteiger partial charge in [0.25, 0.3) is 0 Å². The van der Waals surface area contributed by atoms with E-state index < -0.39 is 0 Å². The first-order chi connectivity index (χ1) is 11.8. The van der Waals surface area contributed by atoms with Gasteiger partial charge in [0, 0.05) is 19.6 Å². The Labute approximate surface area is 149 Å². The number of benzene rings is 2. The number of amides is 2. The van der Waals surface area contributed by atoms with Gasteiger partial charge in [0.05, 0.1) is 0 Å². The summed E-state index contributed by atoms with van der Waals surface area (Å²) in [6.07, 6.45) is 3.96. The molecule has 0 heterocycles. The summed E-state index contributed by atoms with van der Waals surface area (Å²) in [7, 11) is 0. The van der Waals surface area contributed by atoms with E-state index in [9.17, 15) is 4.79 Å². The summed E-state index contributed by atoms with van der Waals surface area (Å²) in [4.78, 5) is 14.4. The van der Waals surface area contributed by atoms with E-state index >= 15 is 0 Å². The zero-order valence-corrected chi connectivity index (χ0v) is 15.1. The lowest BCUT2D eigenvalue weighted by Crippen LogP contribution is -2.41. The highest BCUT2D eigenvalue weighted by molar-refractivity contribution is 7.98. The summed E-state index contributed by atoms with van der Waals surface area (Å²) in [6, 6.07) is 20.5. The third kappa shape index (κ3) is 6.67. The first kappa shape index (κ1) is 18.4. The van der Waals surface area contributed by atoms with E-state index in [0.29, 0.717) is 13.1 Å². The van der Waals surface area contributed by atoms with Crippen molar-refractivity contribution in [3.8, 4) is 0 Å². The predicted molar refractivity (Wildman–Crippen MR) is 103 cm³/mol. The second kappa shape index (κ2) is 10.8. The van der Waals surface area contributed by atoms with Gasteiger partial charge in [0.1, 0.15) is 0 Å². The molecule has 2 aromatic rings. The number of nitrogens with zero attached hydrogens (tertiary/aromatic N) is 1. The Bertz CT molecular complexity index is 589. The van der Waals surface area contributed by atoms with Crippen molar-refractivity contribution >= 4 is 17.8 Å². The highest BCUT2D eigenvalue weighted by Crippen LogP contribution is 2.08. The molecule has 0 unspecified atom stereocenters. The zero-order chi connectivity index (χ0) is 17.0. The van der Waals surface area contributed by atoms with Crippen molar-refractivity contribution < 1.29 is 4.79 Å². The van der Waals surface area contributed by atoms with Crippen molar-refractivity contribution in [2.24, 2.45) is 0 Å². The van der Waals surface area contributed by atoms with Gasteiger partial charge in [-0.1, -0.05) is 60.7 Å². The summed E-state index contributed by atoms with van der Waals surface area (Å²) < 4.78 is 0. The summed E-state index contributed by atoms with van der Waals surface area (Å²) in [6.45, 7) is 2.09. The zero-order valence-electron chi connectivity index (χ0n) is 14.3. The van der Waals surface area contributed by atoms with Crippen LogP contribution in [-0.2, 0) is 13.0 Å². The van der Waals surface area contributed by atoms with Crippen molar-refractivity contribution in [3.63, 3.8) is 0 Å². The quantitative estimate of drug-likeness (QED) is 0.693. The molecule has 0 spiro atoms. The molecule has 0 fully saturated rings. The molecule has 0 radical (unpaired) electrons. The van der Waals surface area contributed by atoms with E-state index in [1.54, 1.807) is 11.8 Å². The molecule has 0 aromatic heterocycles. The Balaban J connectivity index is 1.93. The molecule has 0 saturated carbocycles. The molecule has 2 rings (SSSR count). The molecule has 0 saturated heterocycles. The van der Waals surface area contributed by atoms with E-state index in [0.717, 1.165) is 30.7 Å². The lowest BCUT2D eigenvalue weighted by molar-refractivity contribution is 0.196. The lowest BCUT2D eigenvalue weighted by atomic mass is 10.1. The molecule has 0 bridgehead atoms. The topological polar surface area (TPSA) is 32.3 Å². The molecule has 4 heteroatoms. The Hall–Kier alpha value is -1.94. The van der Waals surface area contributed by atoms with Crippen LogP contribution >= 0.6 is 11.8 Å². The predicted octanol–water partition coefficient (Wildman–Crippen LogP) is 4.19. The van der Waals surface area contributed by atoms with Crippen LogP contribution in [-0.4, -0.2) is 36.0 Å². The third-order valence-electron chi connectivity index (χ3n) is 3.82. The molecular formula is C20H26N2OS. The minimum Gasteiger partial charge on any atom is -0.338 e. The van der Waals surface area contributed by atoms with E-state index in [1.165, 1.54) is 5.56 Å². The Morgan fingerprint density at radius 3 is 2.25 bits per heavy atom. The first-order valence-electron chi connectivity index (χ1n) is 8.39. The van der Waals surface area contributed by atoms with Gasteiger partial charge in [-0.25, -0.2) is 4.79 Å². The van der Waals surface area contributed by atoms with Crippen LogP contribution in [0.3, 0.4) is 0 Å². The summed E-state index contributed by atoms with van der Waals surface area (Å²) in [5.41, 5.74) is 2.41. The summed E-state index contributed by atoms with van der Waals surface area (Å²) in [5.74, 6) is 1.07. The van der Waals surface area contributed by atoms with E-state index in [-0.39, 0.29) is 6.03 Å². The van der Waals surface area contributed by atoms with Gasteiger partial charge in [-0.05, 0) is 36.0 Å². The fraction of sp³-hybridized carbons (Fsp3) is 0.350. The third-order valence-corrected chi connectivity index (χ3v) is 4.52. The molecule has 3 nitrogen and oxygen atoms in total. The molecule has 2 aromatic carbocycles. The van der Waals surface area contributed by atoms with E-state index in [1.807, 2.05) is 41.3 Å². The van der Waals surface area contributed by atoms with Crippen molar-refractivity contribution in [3.05, 3.63) is 71.8 Å². The molecule has 128 valence electrons. The smallest absolute Gasteiger partial charge is 0.317 e. The molecule has 2 amide bonds. The maximum atomic E-state index is 12.5. The average molecular weight is 343 g/mol. The average Bonchev–Trinajstić information content (AvgIpc) is 2.64. The molecule has 0 aliphatic rings. The van der Waals surface area contributed by atoms with Gasteiger partial charge in [-0.2, -0.15) is 11.8 Å². The van der Waals surface area contributed by atoms with Crippen molar-refractivity contribution in [1.82, 2.24) is 10.2 Å². The van der Waals surface area contributed by atoms with Crippen LogP contribution in [0.25, 0.3) is 0 Å². The summed E-state index contributed by atoms with van der Waals surface area (Å²) in [5, 5.41) is 3.05. The Morgan fingerprint density at radius 2 is 1.62 bits per heavy atom. The largest absolute Gasteiger partial charge is 0.338 e. The van der Waals surface area contributed by atoms with Crippen LogP contribution in [0.15, 0.2) is 60.7 Å². The molecule has 0 aliphatic carbocycles. The van der Waals surface area contributed by atoms with Gasteiger partial charge in [-0.15, -0.1) is 0 Å². The number of rotatable bonds is 9. The summed E-state index contributed by atoms with van der Waals surface area (Å²) >= 11 is 1.81. The molecule has 1 N–H and O–H groups in total. The SMILES string of the molecule is CSCCCNC(=O)N(CCc1ccccc1)Cc1ccccc1. The minimum absolute atomic E-state index is 0.0240. The second-order valence-electron chi connectivity index (χ2n) is 5.72. The van der Waals surface area contributed by atoms with Gasteiger partial charge in [0.2, 0.25) is 0 Å². The standard InChI is InChI=1S/C20H26N2OS/c1-24-16-8-14-21-20(23)22(17-19-11-6-3-7-12-19)15-13-18-9-4-2-5-10-18/h2-7,9-12H,8,13-17H2,1H3,(H,21,23). The second-order valence-corrected chi connectivity index (χ2v) is 6.71. The van der Waals surface area contributed by atoms with Crippen LogP contribution in [0.4, 0.5) is 4.79 Å². The maximum absolute atomic E-state index is 12.5. The first-order valence-corrected chi connectivity index (χ1v) is 9.78. The van der Waals surface area contributed by atoms with Crippen LogP contribution in [0.5, 0.6) is 0 Å². The van der Waals surface area contributed by atoms with Crippen molar-refractivity contribution in [2.75, 3.05) is 25.1 Å². The van der Waals surface area contributed by atoms with Gasteiger partial charge in [-0.3, -0.25) is 0 Å². The van der Waals surface area contributed by atoms with Crippen LogP contribution in [0, 0.1) is 0 Å². The fourth-order valence-electron chi connectivity index (χ4n) is 2.49. The van der Waals surface area contributed by atoms with E-state index in [2.05, 4.69) is 35.8 Å². The number of urea groups is 1. The number of thioether (sulfide) groups is 1. The highest BCUT2D eigenvalue weighted by Gasteiger charge is 2.13. The number of carbonyl (C=O) groups excluding carboxylic acids is 1. The Morgan fingerprint density at radius 1 is 1.00 bits per heavy atom. The van der Waals surface area contributed by atoms with Crippen molar-refractivity contribution in [2.45, 2.75) is 19.4 Å². The maximum Gasteiger partial charge on any atom is 0.317 e. The van der Waals surface area contributed by atoms with Gasteiger partial charge in [0.15, 0.2) is 0 Å². The van der Waals surface area contributed by atoms with Crippen LogP contribution in [0.2, 0.25) is 0 Å². The monoisotopic (exact) mass is 342 g/mol. The molecule has 24 heavy (non-hydrogen) atoms. The normalized spacial score (nSPS) is 10.4. The number of hydrogen-bond donors (Lipinski definition) is 1.